The van der Waals surface area contributed by atoms with Crippen molar-refractivity contribution in [1.82, 2.24) is 4.72 Å². The van der Waals surface area contributed by atoms with Crippen LogP contribution in [0.5, 0.6) is 0 Å². The highest BCUT2D eigenvalue weighted by Crippen LogP contribution is 2.14. The van der Waals surface area contributed by atoms with Crippen molar-refractivity contribution in [3.63, 3.8) is 0 Å². The predicted octanol–water partition coefficient (Wildman–Crippen LogP) is 2.34. The zero-order valence-corrected chi connectivity index (χ0v) is 16.2. The lowest BCUT2D eigenvalue weighted by Gasteiger charge is -2.14. The summed E-state index contributed by atoms with van der Waals surface area (Å²) in [6.45, 7) is 3.48. The first kappa shape index (κ1) is 20.6. The minimum atomic E-state index is -3.68. The Hall–Kier alpha value is -2.71. The maximum absolute atomic E-state index is 12.2. The van der Waals surface area contributed by atoms with Crippen LogP contribution in [0.4, 0.5) is 5.69 Å². The monoisotopic (exact) mass is 390 g/mol. The number of nitrogens with one attached hydrogen (secondary N) is 2. The van der Waals surface area contributed by atoms with E-state index in [1.165, 1.54) is 38.2 Å². The highest BCUT2D eigenvalue weighted by molar-refractivity contribution is 7.89. The maximum Gasteiger partial charge on any atom is 0.338 e. The van der Waals surface area contributed by atoms with Crippen LogP contribution >= 0.6 is 0 Å². The van der Waals surface area contributed by atoms with E-state index >= 15 is 0 Å². The van der Waals surface area contributed by atoms with E-state index in [0.717, 1.165) is 12.0 Å². The summed E-state index contributed by atoms with van der Waals surface area (Å²) >= 11 is 0. The summed E-state index contributed by atoms with van der Waals surface area (Å²) in [5.74, 6) is -1.27. The molecule has 0 aliphatic carbocycles. The molecular formula is C19H22N2O5S. The second-order valence-corrected chi connectivity index (χ2v) is 7.71. The quantitative estimate of drug-likeness (QED) is 0.707. The van der Waals surface area contributed by atoms with Crippen LogP contribution in [0.15, 0.2) is 53.4 Å². The summed E-state index contributed by atoms with van der Waals surface area (Å²) in [5.41, 5.74) is 1.78. The van der Waals surface area contributed by atoms with Crippen LogP contribution in [-0.4, -0.2) is 33.4 Å². The molecule has 0 aliphatic rings. The fraction of sp³-hybridized carbons (Fsp3) is 0.263. The van der Waals surface area contributed by atoms with Gasteiger partial charge in [0.15, 0.2) is 6.10 Å². The second-order valence-electron chi connectivity index (χ2n) is 5.82. The van der Waals surface area contributed by atoms with Crippen molar-refractivity contribution < 1.29 is 22.7 Å². The van der Waals surface area contributed by atoms with Gasteiger partial charge in [-0.3, -0.25) is 4.79 Å². The molecule has 0 aromatic heterocycles. The van der Waals surface area contributed by atoms with Gasteiger partial charge in [0, 0.05) is 5.69 Å². The molecule has 27 heavy (non-hydrogen) atoms. The molecule has 0 spiro atoms. The van der Waals surface area contributed by atoms with Gasteiger partial charge in [0.25, 0.3) is 5.91 Å². The number of esters is 1. The molecule has 2 N–H and O–H groups in total. The molecule has 2 aromatic carbocycles. The largest absolute Gasteiger partial charge is 0.449 e. The molecule has 0 bridgehead atoms. The Morgan fingerprint density at radius 3 is 2.37 bits per heavy atom. The molecule has 1 unspecified atom stereocenters. The minimum absolute atomic E-state index is 0.0401. The van der Waals surface area contributed by atoms with E-state index in [-0.39, 0.29) is 10.5 Å². The molecule has 0 heterocycles. The van der Waals surface area contributed by atoms with Gasteiger partial charge >= 0.3 is 5.97 Å². The maximum atomic E-state index is 12.2. The fourth-order valence-electron chi connectivity index (χ4n) is 2.26. The fourth-order valence-corrected chi connectivity index (χ4v) is 3.03. The van der Waals surface area contributed by atoms with E-state index in [0.29, 0.717) is 5.69 Å². The average molecular weight is 390 g/mol. The van der Waals surface area contributed by atoms with Crippen LogP contribution in [-0.2, 0) is 26.0 Å². The van der Waals surface area contributed by atoms with Crippen molar-refractivity contribution in [2.45, 2.75) is 31.3 Å². The molecule has 0 fully saturated rings. The number of carbonyl (C=O) groups excluding carboxylic acids is 2. The molecule has 0 saturated carbocycles. The second kappa shape index (κ2) is 8.79. The first-order valence-electron chi connectivity index (χ1n) is 8.41. The Labute approximate surface area is 158 Å². The lowest BCUT2D eigenvalue weighted by molar-refractivity contribution is -0.123. The minimum Gasteiger partial charge on any atom is -0.449 e. The Balaban J connectivity index is 2.04. The van der Waals surface area contributed by atoms with E-state index < -0.39 is 28.0 Å². The molecule has 7 nitrogen and oxygen atoms in total. The Bertz CT molecular complexity index is 923. The van der Waals surface area contributed by atoms with Crippen molar-refractivity contribution >= 4 is 27.6 Å². The summed E-state index contributed by atoms with van der Waals surface area (Å²) in [4.78, 5) is 24.4. The summed E-state index contributed by atoms with van der Waals surface area (Å²) in [7, 11) is -2.41. The Kier molecular flexibility index (Phi) is 6.70. The van der Waals surface area contributed by atoms with E-state index in [1.807, 2.05) is 19.1 Å². The average Bonchev–Trinajstić information content (AvgIpc) is 2.68. The van der Waals surface area contributed by atoms with Crippen LogP contribution < -0.4 is 10.0 Å². The summed E-state index contributed by atoms with van der Waals surface area (Å²) < 4.78 is 31.0. The third kappa shape index (κ3) is 5.38. The lowest BCUT2D eigenvalue weighted by Crippen LogP contribution is -2.30. The standard InChI is InChI=1S/C19H22N2O5S/c1-4-14-8-10-16(11-9-14)21-18(22)13(2)26-19(23)15-6-5-7-17(12-15)27(24,25)20-3/h5-13,20H,4H2,1-3H3,(H,21,22). The van der Waals surface area contributed by atoms with E-state index in [2.05, 4.69) is 10.0 Å². The molecule has 1 amide bonds. The molecule has 2 rings (SSSR count). The number of amides is 1. The molecule has 144 valence electrons. The van der Waals surface area contributed by atoms with E-state index in [1.54, 1.807) is 12.1 Å². The molecule has 1 atom stereocenters. The van der Waals surface area contributed by atoms with Gasteiger partial charge in [-0.2, -0.15) is 0 Å². The Morgan fingerprint density at radius 2 is 1.78 bits per heavy atom. The normalized spacial score (nSPS) is 12.3. The third-order valence-corrected chi connectivity index (χ3v) is 5.34. The topological polar surface area (TPSA) is 102 Å². The lowest BCUT2D eigenvalue weighted by atomic mass is 10.1. The SMILES string of the molecule is CCc1ccc(NC(=O)C(C)OC(=O)c2cccc(S(=O)(=O)NC)c2)cc1. The van der Waals surface area contributed by atoms with Gasteiger partial charge in [-0.1, -0.05) is 25.1 Å². The van der Waals surface area contributed by atoms with Gasteiger partial charge in [-0.25, -0.2) is 17.9 Å². The highest BCUT2D eigenvalue weighted by Gasteiger charge is 2.20. The van der Waals surface area contributed by atoms with Crippen LogP contribution in [0.2, 0.25) is 0 Å². The number of carbonyl (C=O) groups is 2. The van der Waals surface area contributed by atoms with E-state index in [4.69, 9.17) is 4.74 Å². The smallest absolute Gasteiger partial charge is 0.338 e. The predicted molar refractivity (Wildman–Crippen MR) is 102 cm³/mol. The first-order valence-corrected chi connectivity index (χ1v) is 9.89. The summed E-state index contributed by atoms with van der Waals surface area (Å²) in [6.07, 6.45) is -0.155. The van der Waals surface area contributed by atoms with Gasteiger partial charge in [0.05, 0.1) is 10.5 Å². The van der Waals surface area contributed by atoms with Gasteiger partial charge in [-0.05, 0) is 56.3 Å². The zero-order valence-electron chi connectivity index (χ0n) is 15.4. The third-order valence-electron chi connectivity index (χ3n) is 3.93. The molecule has 8 heteroatoms. The van der Waals surface area contributed by atoms with Gasteiger partial charge in [0.2, 0.25) is 10.0 Å². The van der Waals surface area contributed by atoms with Crippen molar-refractivity contribution in [3.8, 4) is 0 Å². The zero-order chi connectivity index (χ0) is 20.0. The highest BCUT2D eigenvalue weighted by atomic mass is 32.2. The number of anilines is 1. The summed E-state index contributed by atoms with van der Waals surface area (Å²) in [6, 6.07) is 12.8. The molecular weight excluding hydrogens is 368 g/mol. The van der Waals surface area contributed by atoms with Crippen molar-refractivity contribution in [2.24, 2.45) is 0 Å². The first-order chi connectivity index (χ1) is 12.8. The van der Waals surface area contributed by atoms with Crippen LogP contribution in [0, 0.1) is 0 Å². The molecule has 2 aromatic rings. The molecule has 0 saturated heterocycles. The number of aryl methyl sites for hydroxylation is 1. The van der Waals surface area contributed by atoms with Gasteiger partial charge < -0.3 is 10.1 Å². The number of sulfonamides is 1. The number of hydrogen-bond donors (Lipinski definition) is 2. The number of ether oxygens (including phenoxy) is 1. The summed E-state index contributed by atoms with van der Waals surface area (Å²) in [5, 5.41) is 2.67. The van der Waals surface area contributed by atoms with Gasteiger partial charge in [0.1, 0.15) is 0 Å². The van der Waals surface area contributed by atoms with Gasteiger partial charge in [-0.15, -0.1) is 0 Å². The van der Waals surface area contributed by atoms with Crippen molar-refractivity contribution in [1.29, 1.82) is 0 Å². The van der Waals surface area contributed by atoms with Crippen LogP contribution in [0.1, 0.15) is 29.8 Å². The van der Waals surface area contributed by atoms with Crippen molar-refractivity contribution in [3.05, 3.63) is 59.7 Å². The number of hydrogen-bond acceptors (Lipinski definition) is 5. The Morgan fingerprint density at radius 1 is 1.11 bits per heavy atom. The number of rotatable bonds is 7. The van der Waals surface area contributed by atoms with Crippen LogP contribution in [0.3, 0.4) is 0 Å². The van der Waals surface area contributed by atoms with E-state index in [9.17, 15) is 18.0 Å². The van der Waals surface area contributed by atoms with Crippen LogP contribution in [0.25, 0.3) is 0 Å². The van der Waals surface area contributed by atoms with Crippen molar-refractivity contribution in [2.75, 3.05) is 12.4 Å². The molecule has 0 aliphatic heterocycles. The molecule has 0 radical (unpaired) electrons. The number of benzene rings is 2.